The lowest BCUT2D eigenvalue weighted by Crippen LogP contribution is -2.45. The van der Waals surface area contributed by atoms with E-state index in [1.165, 1.54) is 24.3 Å². The fourth-order valence-corrected chi connectivity index (χ4v) is 3.39. The molecule has 0 fully saturated rings. The molecule has 0 radical (unpaired) electrons. The summed E-state index contributed by atoms with van der Waals surface area (Å²) in [5, 5.41) is 11.7. The van der Waals surface area contributed by atoms with Gasteiger partial charge in [-0.05, 0) is 38.0 Å². The first-order chi connectivity index (χ1) is 11.1. The Balaban J connectivity index is 3.05. The van der Waals surface area contributed by atoms with Gasteiger partial charge in [0.05, 0.1) is 4.90 Å². The maximum atomic E-state index is 12.3. The van der Waals surface area contributed by atoms with Crippen LogP contribution in [0.5, 0.6) is 0 Å². The SMILES string of the molecule is CCC(C)C(NC(=O)c1cccc(S(=O)(=O)NC(C)C)c1)C(=O)O. The second-order valence-corrected chi connectivity index (χ2v) is 7.69. The van der Waals surface area contributed by atoms with Gasteiger partial charge in [0.15, 0.2) is 0 Å². The van der Waals surface area contributed by atoms with Crippen LogP contribution in [0.15, 0.2) is 29.2 Å². The van der Waals surface area contributed by atoms with Crippen LogP contribution in [0.25, 0.3) is 0 Å². The van der Waals surface area contributed by atoms with E-state index in [1.54, 1.807) is 20.8 Å². The lowest BCUT2D eigenvalue weighted by Gasteiger charge is -2.20. The van der Waals surface area contributed by atoms with Crippen molar-refractivity contribution in [3.8, 4) is 0 Å². The average Bonchev–Trinajstić information content (AvgIpc) is 2.50. The molecule has 3 N–H and O–H groups in total. The molecule has 0 spiro atoms. The van der Waals surface area contributed by atoms with Gasteiger partial charge in [0, 0.05) is 11.6 Å². The quantitative estimate of drug-likeness (QED) is 0.655. The number of aliphatic carboxylic acids is 1. The molecule has 7 nitrogen and oxygen atoms in total. The van der Waals surface area contributed by atoms with Gasteiger partial charge in [0.2, 0.25) is 10.0 Å². The highest BCUT2D eigenvalue weighted by Gasteiger charge is 2.26. The van der Waals surface area contributed by atoms with Crippen LogP contribution in [0.4, 0.5) is 0 Å². The van der Waals surface area contributed by atoms with Crippen molar-refractivity contribution < 1.29 is 23.1 Å². The molecular weight excluding hydrogens is 332 g/mol. The minimum absolute atomic E-state index is 0.0423. The lowest BCUT2D eigenvalue weighted by atomic mass is 9.99. The van der Waals surface area contributed by atoms with Gasteiger partial charge in [-0.15, -0.1) is 0 Å². The van der Waals surface area contributed by atoms with E-state index in [0.29, 0.717) is 6.42 Å². The topological polar surface area (TPSA) is 113 Å². The summed E-state index contributed by atoms with van der Waals surface area (Å²) in [4.78, 5) is 23.5. The second kappa shape index (κ2) is 8.25. The minimum atomic E-state index is -3.73. The average molecular weight is 356 g/mol. The molecular formula is C16H24N2O5S. The van der Waals surface area contributed by atoms with E-state index in [-0.39, 0.29) is 22.4 Å². The van der Waals surface area contributed by atoms with Crippen LogP contribution in [0.1, 0.15) is 44.5 Å². The largest absolute Gasteiger partial charge is 0.480 e. The molecule has 1 rings (SSSR count). The summed E-state index contributed by atoms with van der Waals surface area (Å²) in [6.07, 6.45) is 0.587. The molecule has 1 amide bonds. The standard InChI is InChI=1S/C16H24N2O5S/c1-5-11(4)14(16(20)21)17-15(19)12-7-6-8-13(9-12)24(22,23)18-10(2)3/h6-11,14,18H,5H2,1-4H3,(H,17,19)(H,20,21). The smallest absolute Gasteiger partial charge is 0.326 e. The van der Waals surface area contributed by atoms with Crippen LogP contribution >= 0.6 is 0 Å². The lowest BCUT2D eigenvalue weighted by molar-refractivity contribution is -0.140. The second-order valence-electron chi connectivity index (χ2n) is 5.98. The van der Waals surface area contributed by atoms with Crippen molar-refractivity contribution in [3.05, 3.63) is 29.8 Å². The van der Waals surface area contributed by atoms with Crippen LogP contribution in [-0.4, -0.2) is 37.5 Å². The molecule has 1 aromatic carbocycles. The first-order valence-electron chi connectivity index (χ1n) is 7.74. The van der Waals surface area contributed by atoms with Crippen molar-refractivity contribution in [2.75, 3.05) is 0 Å². The zero-order chi connectivity index (χ0) is 18.5. The number of carboxylic acids is 1. The fourth-order valence-electron chi connectivity index (χ4n) is 2.09. The van der Waals surface area contributed by atoms with Crippen LogP contribution in [0.2, 0.25) is 0 Å². The van der Waals surface area contributed by atoms with Gasteiger partial charge in [-0.1, -0.05) is 26.3 Å². The van der Waals surface area contributed by atoms with Gasteiger partial charge >= 0.3 is 5.97 Å². The molecule has 8 heteroatoms. The number of hydrogen-bond donors (Lipinski definition) is 3. The van der Waals surface area contributed by atoms with E-state index < -0.39 is 27.9 Å². The van der Waals surface area contributed by atoms with Crippen molar-refractivity contribution in [3.63, 3.8) is 0 Å². The fraction of sp³-hybridized carbons (Fsp3) is 0.500. The number of benzene rings is 1. The summed E-state index contributed by atoms with van der Waals surface area (Å²) in [5.41, 5.74) is 0.0937. The predicted octanol–water partition coefficient (Wildman–Crippen LogP) is 1.60. The molecule has 1 aromatic rings. The van der Waals surface area contributed by atoms with E-state index >= 15 is 0 Å². The van der Waals surface area contributed by atoms with Gasteiger partial charge in [0.1, 0.15) is 6.04 Å². The van der Waals surface area contributed by atoms with E-state index in [2.05, 4.69) is 10.0 Å². The predicted molar refractivity (Wildman–Crippen MR) is 90.2 cm³/mol. The first-order valence-corrected chi connectivity index (χ1v) is 9.22. The summed E-state index contributed by atoms with van der Waals surface area (Å²) in [6.45, 7) is 6.94. The molecule has 2 unspecified atom stereocenters. The number of amides is 1. The summed E-state index contributed by atoms with van der Waals surface area (Å²) in [6, 6.07) is 4.19. The van der Waals surface area contributed by atoms with E-state index in [1.807, 2.05) is 6.92 Å². The molecule has 0 aliphatic rings. The third kappa shape index (κ3) is 5.31. The van der Waals surface area contributed by atoms with Crippen molar-refractivity contribution in [2.24, 2.45) is 5.92 Å². The van der Waals surface area contributed by atoms with E-state index in [9.17, 15) is 23.1 Å². The summed E-state index contributed by atoms with van der Waals surface area (Å²) >= 11 is 0. The Kier molecular flexibility index (Phi) is 6.92. The molecule has 0 saturated heterocycles. The zero-order valence-electron chi connectivity index (χ0n) is 14.2. The Morgan fingerprint density at radius 2 is 1.83 bits per heavy atom. The molecule has 2 atom stereocenters. The monoisotopic (exact) mass is 356 g/mol. The van der Waals surface area contributed by atoms with Crippen molar-refractivity contribution in [2.45, 2.75) is 51.1 Å². The molecule has 0 aliphatic carbocycles. The highest BCUT2D eigenvalue weighted by molar-refractivity contribution is 7.89. The van der Waals surface area contributed by atoms with Gasteiger partial charge in [-0.3, -0.25) is 4.79 Å². The van der Waals surface area contributed by atoms with Gasteiger partial charge in [-0.25, -0.2) is 17.9 Å². The van der Waals surface area contributed by atoms with Crippen LogP contribution in [0.3, 0.4) is 0 Å². The van der Waals surface area contributed by atoms with Gasteiger partial charge in [0.25, 0.3) is 5.91 Å². The minimum Gasteiger partial charge on any atom is -0.480 e. The number of carbonyl (C=O) groups excluding carboxylic acids is 1. The van der Waals surface area contributed by atoms with E-state index in [0.717, 1.165) is 0 Å². The number of sulfonamides is 1. The summed E-state index contributed by atoms with van der Waals surface area (Å²) in [5.74, 6) is -1.99. The van der Waals surface area contributed by atoms with Crippen molar-refractivity contribution in [1.82, 2.24) is 10.0 Å². The number of carboxylic acid groups (broad SMARTS) is 1. The molecule has 0 aromatic heterocycles. The van der Waals surface area contributed by atoms with Crippen molar-refractivity contribution >= 4 is 21.9 Å². The highest BCUT2D eigenvalue weighted by atomic mass is 32.2. The molecule has 134 valence electrons. The Morgan fingerprint density at radius 3 is 2.33 bits per heavy atom. The molecule has 0 saturated carbocycles. The first kappa shape index (κ1) is 20.1. The Labute approximate surface area is 142 Å². The maximum Gasteiger partial charge on any atom is 0.326 e. The normalized spacial score (nSPS) is 14.2. The molecule has 0 bridgehead atoms. The Morgan fingerprint density at radius 1 is 1.21 bits per heavy atom. The highest BCUT2D eigenvalue weighted by Crippen LogP contribution is 2.14. The molecule has 0 aliphatic heterocycles. The molecule has 24 heavy (non-hydrogen) atoms. The van der Waals surface area contributed by atoms with Crippen LogP contribution in [-0.2, 0) is 14.8 Å². The number of nitrogens with one attached hydrogen (secondary N) is 2. The van der Waals surface area contributed by atoms with Gasteiger partial charge in [-0.2, -0.15) is 0 Å². The van der Waals surface area contributed by atoms with Crippen molar-refractivity contribution in [1.29, 1.82) is 0 Å². The zero-order valence-corrected chi connectivity index (χ0v) is 15.1. The van der Waals surface area contributed by atoms with E-state index in [4.69, 9.17) is 0 Å². The van der Waals surface area contributed by atoms with Gasteiger partial charge < -0.3 is 10.4 Å². The Bertz CT molecular complexity index is 700. The number of rotatable bonds is 8. The summed E-state index contributed by atoms with van der Waals surface area (Å²) < 4.78 is 26.8. The summed E-state index contributed by atoms with van der Waals surface area (Å²) in [7, 11) is -3.73. The maximum absolute atomic E-state index is 12.3. The third-order valence-corrected chi connectivity index (χ3v) is 5.22. The number of carbonyl (C=O) groups is 2. The Hall–Kier alpha value is -1.93. The third-order valence-electron chi connectivity index (χ3n) is 3.56. The van der Waals surface area contributed by atoms with Crippen LogP contribution < -0.4 is 10.0 Å². The molecule has 0 heterocycles. The number of hydrogen-bond acceptors (Lipinski definition) is 4. The van der Waals surface area contributed by atoms with Crippen LogP contribution in [0, 0.1) is 5.92 Å².